The number of hydrogen-bond acceptors (Lipinski definition) is 5. The molecule has 25 heavy (non-hydrogen) atoms. The van der Waals surface area contributed by atoms with Gasteiger partial charge in [-0.1, -0.05) is 44.2 Å². The fourth-order valence-corrected chi connectivity index (χ4v) is 2.27. The minimum absolute atomic E-state index is 0.0643. The standard InChI is InChI=1S/C19H29NO5/c1-13(2)15(21)19(6,16(22)25-18(3,4)5)20-17(23)24-12-14-10-8-7-9-11-14/h7-11,13,15,21H,12H2,1-6H3,(H,20,23)/t15-,19-/m0/s1. The first-order chi connectivity index (χ1) is 11.5. The Labute approximate surface area is 149 Å². The molecule has 0 heterocycles. The number of benzene rings is 1. The fraction of sp³-hybridized carbons (Fsp3) is 0.579. The Bertz CT molecular complexity index is 579. The maximum Gasteiger partial charge on any atom is 0.408 e. The maximum atomic E-state index is 12.6. The molecule has 0 bridgehead atoms. The molecule has 0 aliphatic carbocycles. The molecular formula is C19H29NO5. The fourth-order valence-electron chi connectivity index (χ4n) is 2.27. The molecule has 0 aliphatic rings. The van der Waals surface area contributed by atoms with E-state index in [1.165, 1.54) is 6.92 Å². The van der Waals surface area contributed by atoms with Crippen molar-refractivity contribution in [1.82, 2.24) is 5.32 Å². The lowest BCUT2D eigenvalue weighted by Crippen LogP contribution is -2.62. The third-order valence-corrected chi connectivity index (χ3v) is 3.62. The molecule has 1 rings (SSSR count). The van der Waals surface area contributed by atoms with E-state index in [2.05, 4.69) is 5.32 Å². The summed E-state index contributed by atoms with van der Waals surface area (Å²) < 4.78 is 10.5. The molecule has 2 atom stereocenters. The van der Waals surface area contributed by atoms with Gasteiger partial charge in [-0.3, -0.25) is 0 Å². The van der Waals surface area contributed by atoms with Crippen molar-refractivity contribution in [2.24, 2.45) is 5.92 Å². The van der Waals surface area contributed by atoms with E-state index in [-0.39, 0.29) is 12.5 Å². The van der Waals surface area contributed by atoms with Crippen molar-refractivity contribution in [2.75, 3.05) is 0 Å². The second kappa shape index (κ2) is 8.34. The van der Waals surface area contributed by atoms with Crippen LogP contribution < -0.4 is 5.32 Å². The van der Waals surface area contributed by atoms with Crippen molar-refractivity contribution in [2.45, 2.75) is 65.4 Å². The van der Waals surface area contributed by atoms with Gasteiger partial charge in [-0.25, -0.2) is 9.59 Å². The minimum Gasteiger partial charge on any atom is -0.458 e. The number of hydrogen-bond donors (Lipinski definition) is 2. The van der Waals surface area contributed by atoms with Gasteiger partial charge >= 0.3 is 12.1 Å². The minimum atomic E-state index is -1.62. The zero-order valence-electron chi connectivity index (χ0n) is 15.8. The lowest BCUT2D eigenvalue weighted by molar-refractivity contribution is -0.168. The first kappa shape index (κ1) is 21.0. The Morgan fingerprint density at radius 1 is 1.12 bits per heavy atom. The summed E-state index contributed by atoms with van der Waals surface area (Å²) in [5, 5.41) is 13.0. The van der Waals surface area contributed by atoms with E-state index in [1.807, 2.05) is 30.3 Å². The molecule has 1 aromatic carbocycles. The molecule has 0 spiro atoms. The number of nitrogens with one attached hydrogen (secondary N) is 1. The van der Waals surface area contributed by atoms with E-state index in [9.17, 15) is 14.7 Å². The third kappa shape index (κ3) is 6.38. The van der Waals surface area contributed by atoms with Crippen LogP contribution in [0.25, 0.3) is 0 Å². The molecule has 0 unspecified atom stereocenters. The highest BCUT2D eigenvalue weighted by Gasteiger charge is 2.46. The Hall–Kier alpha value is -2.08. The van der Waals surface area contributed by atoms with Crippen LogP contribution in [0, 0.1) is 5.92 Å². The number of alkyl carbamates (subject to hydrolysis) is 1. The second-order valence-electron chi connectivity index (χ2n) is 7.58. The number of rotatable bonds is 6. The van der Waals surface area contributed by atoms with E-state index in [4.69, 9.17) is 9.47 Å². The van der Waals surface area contributed by atoms with Crippen LogP contribution in [0.15, 0.2) is 30.3 Å². The molecule has 1 aromatic rings. The van der Waals surface area contributed by atoms with Gasteiger partial charge in [-0.2, -0.15) is 0 Å². The highest BCUT2D eigenvalue weighted by molar-refractivity contribution is 5.86. The third-order valence-electron chi connectivity index (χ3n) is 3.62. The van der Waals surface area contributed by atoms with Gasteiger partial charge in [0.1, 0.15) is 12.2 Å². The molecule has 6 heteroatoms. The number of carbonyl (C=O) groups is 2. The molecule has 2 N–H and O–H groups in total. The molecule has 0 fully saturated rings. The van der Waals surface area contributed by atoms with Gasteiger partial charge < -0.3 is 19.9 Å². The maximum absolute atomic E-state index is 12.6. The van der Waals surface area contributed by atoms with Gasteiger partial charge in [-0.15, -0.1) is 0 Å². The second-order valence-corrected chi connectivity index (χ2v) is 7.58. The highest BCUT2D eigenvalue weighted by Crippen LogP contribution is 2.23. The van der Waals surface area contributed by atoms with Gasteiger partial charge in [0.25, 0.3) is 0 Å². The number of aliphatic hydroxyl groups excluding tert-OH is 1. The normalized spacial score (nSPS) is 15.2. The van der Waals surface area contributed by atoms with Gasteiger partial charge in [-0.05, 0) is 39.2 Å². The summed E-state index contributed by atoms with van der Waals surface area (Å²) in [5.74, 6) is -0.982. The van der Waals surface area contributed by atoms with Crippen molar-refractivity contribution in [3.05, 3.63) is 35.9 Å². The van der Waals surface area contributed by atoms with Crippen LogP contribution in [-0.2, 0) is 20.9 Å². The number of esters is 1. The molecule has 0 saturated heterocycles. The summed E-state index contributed by atoms with van der Waals surface area (Å²) in [5.41, 5.74) is -1.54. The van der Waals surface area contributed by atoms with Crippen molar-refractivity contribution in [3.63, 3.8) is 0 Å². The molecule has 0 radical (unpaired) electrons. The topological polar surface area (TPSA) is 84.9 Å². The van der Waals surface area contributed by atoms with E-state index >= 15 is 0 Å². The summed E-state index contributed by atoms with van der Waals surface area (Å²) in [6, 6.07) is 9.18. The number of aliphatic hydroxyl groups is 1. The van der Waals surface area contributed by atoms with Crippen molar-refractivity contribution < 1.29 is 24.2 Å². The smallest absolute Gasteiger partial charge is 0.408 e. The Kier molecular flexibility index (Phi) is 6.99. The van der Waals surface area contributed by atoms with Crippen molar-refractivity contribution in [3.8, 4) is 0 Å². The largest absolute Gasteiger partial charge is 0.458 e. The summed E-state index contributed by atoms with van der Waals surface area (Å²) in [6.07, 6.45) is -1.93. The lowest BCUT2D eigenvalue weighted by atomic mass is 9.87. The number of amides is 1. The van der Waals surface area contributed by atoms with E-state index < -0.39 is 29.3 Å². The predicted octanol–water partition coefficient (Wildman–Crippen LogP) is 3.03. The SMILES string of the molecule is CC(C)[C@H](O)[C@](C)(NC(=O)OCc1ccccc1)C(=O)OC(C)(C)C. The van der Waals surface area contributed by atoms with Crippen LogP contribution in [0.5, 0.6) is 0 Å². The first-order valence-corrected chi connectivity index (χ1v) is 8.36. The molecule has 0 saturated carbocycles. The molecule has 0 aromatic heterocycles. The van der Waals surface area contributed by atoms with Crippen molar-refractivity contribution >= 4 is 12.1 Å². The molecule has 140 valence electrons. The van der Waals surface area contributed by atoms with Gasteiger partial charge in [0.2, 0.25) is 0 Å². The first-order valence-electron chi connectivity index (χ1n) is 8.36. The van der Waals surface area contributed by atoms with E-state index in [1.54, 1.807) is 34.6 Å². The van der Waals surface area contributed by atoms with Crippen LogP contribution in [-0.4, -0.2) is 34.4 Å². The highest BCUT2D eigenvalue weighted by atomic mass is 16.6. The Morgan fingerprint density at radius 3 is 2.16 bits per heavy atom. The summed E-state index contributed by atoms with van der Waals surface area (Å²) in [6.45, 7) is 10.2. The quantitative estimate of drug-likeness (QED) is 0.770. The molecular weight excluding hydrogens is 322 g/mol. The Balaban J connectivity index is 2.85. The zero-order valence-corrected chi connectivity index (χ0v) is 15.8. The van der Waals surface area contributed by atoms with Crippen LogP contribution in [0.1, 0.15) is 47.1 Å². The summed E-state index contributed by atoms with van der Waals surface area (Å²) in [7, 11) is 0. The number of carbonyl (C=O) groups excluding carboxylic acids is 2. The average molecular weight is 351 g/mol. The van der Waals surface area contributed by atoms with Crippen LogP contribution in [0.4, 0.5) is 4.79 Å². The average Bonchev–Trinajstić information content (AvgIpc) is 2.51. The molecule has 1 amide bonds. The van der Waals surface area contributed by atoms with Crippen molar-refractivity contribution in [1.29, 1.82) is 0 Å². The van der Waals surface area contributed by atoms with Crippen LogP contribution in [0.3, 0.4) is 0 Å². The van der Waals surface area contributed by atoms with Crippen LogP contribution >= 0.6 is 0 Å². The zero-order chi connectivity index (χ0) is 19.3. The molecule has 0 aliphatic heterocycles. The van der Waals surface area contributed by atoms with Gasteiger partial charge in [0, 0.05) is 0 Å². The molecule has 6 nitrogen and oxygen atoms in total. The van der Waals surface area contributed by atoms with Gasteiger partial charge in [0.15, 0.2) is 5.54 Å². The summed E-state index contributed by atoms with van der Waals surface area (Å²) in [4.78, 5) is 24.8. The van der Waals surface area contributed by atoms with E-state index in [0.29, 0.717) is 0 Å². The summed E-state index contributed by atoms with van der Waals surface area (Å²) >= 11 is 0. The predicted molar refractivity (Wildman–Crippen MR) is 94.9 cm³/mol. The monoisotopic (exact) mass is 351 g/mol. The van der Waals surface area contributed by atoms with E-state index in [0.717, 1.165) is 5.56 Å². The number of ether oxygens (including phenoxy) is 2. The van der Waals surface area contributed by atoms with Gasteiger partial charge in [0.05, 0.1) is 6.10 Å². The Morgan fingerprint density at radius 2 is 1.68 bits per heavy atom. The van der Waals surface area contributed by atoms with Crippen LogP contribution in [0.2, 0.25) is 0 Å². The lowest BCUT2D eigenvalue weighted by Gasteiger charge is -2.36.